The molecule has 2 rings (SSSR count). The number of benzene rings is 1. The number of hydrogen-bond donors (Lipinski definition) is 2. The van der Waals surface area contributed by atoms with Crippen LogP contribution in [0.25, 0.3) is 0 Å². The molecule has 0 fully saturated rings. The Balaban J connectivity index is 1.82. The van der Waals surface area contributed by atoms with E-state index in [0.29, 0.717) is 24.6 Å². The van der Waals surface area contributed by atoms with Gasteiger partial charge in [-0.3, -0.25) is 9.78 Å². The van der Waals surface area contributed by atoms with Gasteiger partial charge in [0.15, 0.2) is 0 Å². The van der Waals surface area contributed by atoms with E-state index < -0.39 is 0 Å². The molecule has 0 unspecified atom stereocenters. The smallest absolute Gasteiger partial charge is 0.238 e. The molecule has 0 aliphatic rings. The maximum Gasteiger partial charge on any atom is 0.238 e. The first-order chi connectivity index (χ1) is 10.3. The summed E-state index contributed by atoms with van der Waals surface area (Å²) in [6, 6.07) is 11.2. The van der Waals surface area contributed by atoms with Crippen molar-refractivity contribution in [1.29, 1.82) is 0 Å². The SMILES string of the molecule is CCOc1ccccc1NC(=O)CNCc1cccnc1. The lowest BCUT2D eigenvalue weighted by Crippen LogP contribution is -2.27. The molecule has 0 radical (unpaired) electrons. The molecule has 0 bridgehead atoms. The van der Waals surface area contributed by atoms with E-state index in [1.165, 1.54) is 0 Å². The van der Waals surface area contributed by atoms with Crippen LogP contribution in [0.3, 0.4) is 0 Å². The van der Waals surface area contributed by atoms with Crippen LogP contribution < -0.4 is 15.4 Å². The Hall–Kier alpha value is -2.40. The van der Waals surface area contributed by atoms with Crippen LogP contribution in [0.4, 0.5) is 5.69 Å². The van der Waals surface area contributed by atoms with Crippen molar-refractivity contribution in [3.05, 3.63) is 54.4 Å². The monoisotopic (exact) mass is 285 g/mol. The fourth-order valence-electron chi connectivity index (χ4n) is 1.87. The van der Waals surface area contributed by atoms with Crippen LogP contribution in [-0.4, -0.2) is 24.0 Å². The molecule has 5 nitrogen and oxygen atoms in total. The molecule has 0 saturated carbocycles. The summed E-state index contributed by atoms with van der Waals surface area (Å²) in [6.45, 7) is 3.31. The number of hydrogen-bond acceptors (Lipinski definition) is 4. The van der Waals surface area contributed by atoms with Crippen LogP contribution in [0, 0.1) is 0 Å². The molecule has 1 heterocycles. The average Bonchev–Trinajstić information content (AvgIpc) is 2.50. The number of carbonyl (C=O) groups excluding carboxylic acids is 1. The highest BCUT2D eigenvalue weighted by molar-refractivity contribution is 5.93. The van der Waals surface area contributed by atoms with Gasteiger partial charge in [-0.05, 0) is 30.7 Å². The van der Waals surface area contributed by atoms with Gasteiger partial charge in [0.05, 0.1) is 18.8 Å². The molecular weight excluding hydrogens is 266 g/mol. The Kier molecular flexibility index (Phi) is 5.72. The van der Waals surface area contributed by atoms with E-state index in [1.54, 1.807) is 12.4 Å². The van der Waals surface area contributed by atoms with Gasteiger partial charge in [-0.25, -0.2) is 0 Å². The zero-order valence-corrected chi connectivity index (χ0v) is 12.0. The molecule has 0 aliphatic heterocycles. The Morgan fingerprint density at radius 1 is 1.24 bits per heavy atom. The Labute approximate surface area is 124 Å². The van der Waals surface area contributed by atoms with Gasteiger partial charge in [0.1, 0.15) is 5.75 Å². The second kappa shape index (κ2) is 8.01. The molecule has 0 saturated heterocycles. The van der Waals surface area contributed by atoms with E-state index in [-0.39, 0.29) is 12.5 Å². The Morgan fingerprint density at radius 3 is 2.86 bits per heavy atom. The molecular formula is C16H19N3O2. The summed E-state index contributed by atoms with van der Waals surface area (Å²) in [6.07, 6.45) is 3.50. The zero-order valence-electron chi connectivity index (χ0n) is 12.0. The maximum absolute atomic E-state index is 11.9. The minimum absolute atomic E-state index is 0.106. The second-order valence-corrected chi connectivity index (χ2v) is 4.44. The van der Waals surface area contributed by atoms with Crippen molar-refractivity contribution in [3.63, 3.8) is 0 Å². The summed E-state index contributed by atoms with van der Waals surface area (Å²) < 4.78 is 5.47. The average molecular weight is 285 g/mol. The molecule has 0 spiro atoms. The maximum atomic E-state index is 11.9. The predicted molar refractivity (Wildman–Crippen MR) is 82.2 cm³/mol. The molecule has 110 valence electrons. The summed E-state index contributed by atoms with van der Waals surface area (Å²) in [7, 11) is 0. The fourth-order valence-corrected chi connectivity index (χ4v) is 1.87. The predicted octanol–water partition coefficient (Wildman–Crippen LogP) is 2.21. The molecule has 0 aliphatic carbocycles. The van der Waals surface area contributed by atoms with Gasteiger partial charge in [0, 0.05) is 18.9 Å². The topological polar surface area (TPSA) is 63.2 Å². The van der Waals surface area contributed by atoms with E-state index in [4.69, 9.17) is 4.74 Å². The summed E-state index contributed by atoms with van der Waals surface area (Å²) in [4.78, 5) is 15.9. The molecule has 0 atom stereocenters. The first-order valence-corrected chi connectivity index (χ1v) is 6.91. The zero-order chi connectivity index (χ0) is 14.9. The van der Waals surface area contributed by atoms with Crippen molar-refractivity contribution in [1.82, 2.24) is 10.3 Å². The lowest BCUT2D eigenvalue weighted by Gasteiger charge is -2.11. The van der Waals surface area contributed by atoms with Crippen molar-refractivity contribution in [3.8, 4) is 5.75 Å². The quantitative estimate of drug-likeness (QED) is 0.818. The number of anilines is 1. The van der Waals surface area contributed by atoms with Crippen molar-refractivity contribution in [2.75, 3.05) is 18.5 Å². The number of carbonyl (C=O) groups is 1. The van der Waals surface area contributed by atoms with Gasteiger partial charge < -0.3 is 15.4 Å². The van der Waals surface area contributed by atoms with Gasteiger partial charge in [0.2, 0.25) is 5.91 Å². The number of nitrogens with one attached hydrogen (secondary N) is 2. The molecule has 5 heteroatoms. The van der Waals surface area contributed by atoms with Crippen molar-refractivity contribution in [2.24, 2.45) is 0 Å². The molecule has 2 aromatic rings. The highest BCUT2D eigenvalue weighted by Crippen LogP contribution is 2.23. The van der Waals surface area contributed by atoms with E-state index >= 15 is 0 Å². The number of aromatic nitrogens is 1. The number of amides is 1. The van der Waals surface area contributed by atoms with Crippen molar-refractivity contribution >= 4 is 11.6 Å². The Bertz CT molecular complexity index is 573. The molecule has 1 aromatic heterocycles. The van der Waals surface area contributed by atoms with Crippen LogP contribution >= 0.6 is 0 Å². The van der Waals surface area contributed by atoms with Gasteiger partial charge in [-0.15, -0.1) is 0 Å². The van der Waals surface area contributed by atoms with Gasteiger partial charge in [-0.1, -0.05) is 18.2 Å². The first kappa shape index (κ1) is 15.0. The fraction of sp³-hybridized carbons (Fsp3) is 0.250. The summed E-state index contributed by atoms with van der Waals surface area (Å²) in [5.74, 6) is 0.576. The van der Waals surface area contributed by atoms with Gasteiger partial charge >= 0.3 is 0 Å². The summed E-state index contributed by atoms with van der Waals surface area (Å²) in [5, 5.41) is 5.92. The van der Waals surface area contributed by atoms with Gasteiger partial charge in [-0.2, -0.15) is 0 Å². The second-order valence-electron chi connectivity index (χ2n) is 4.44. The standard InChI is InChI=1S/C16H19N3O2/c1-2-21-15-8-4-3-7-14(15)19-16(20)12-18-11-13-6-5-9-17-10-13/h3-10,18H,2,11-12H2,1H3,(H,19,20). The van der Waals surface area contributed by atoms with E-state index in [2.05, 4.69) is 15.6 Å². The number of pyridine rings is 1. The number of rotatable bonds is 7. The lowest BCUT2D eigenvalue weighted by atomic mass is 10.3. The highest BCUT2D eigenvalue weighted by atomic mass is 16.5. The van der Waals surface area contributed by atoms with Crippen molar-refractivity contribution < 1.29 is 9.53 Å². The third kappa shape index (κ3) is 4.89. The molecule has 1 amide bonds. The van der Waals surface area contributed by atoms with Crippen molar-refractivity contribution in [2.45, 2.75) is 13.5 Å². The first-order valence-electron chi connectivity index (χ1n) is 6.91. The van der Waals surface area contributed by atoms with Gasteiger partial charge in [0.25, 0.3) is 0 Å². The van der Waals surface area contributed by atoms with Crippen LogP contribution in [-0.2, 0) is 11.3 Å². The Morgan fingerprint density at radius 2 is 2.10 bits per heavy atom. The molecule has 1 aromatic carbocycles. The highest BCUT2D eigenvalue weighted by Gasteiger charge is 2.06. The minimum atomic E-state index is -0.106. The van der Waals surface area contributed by atoms with E-state index in [0.717, 1.165) is 5.56 Å². The minimum Gasteiger partial charge on any atom is -0.492 e. The third-order valence-corrected chi connectivity index (χ3v) is 2.80. The van der Waals surface area contributed by atoms with Crippen LogP contribution in [0.1, 0.15) is 12.5 Å². The van der Waals surface area contributed by atoms with E-state index in [9.17, 15) is 4.79 Å². The number of ether oxygens (including phenoxy) is 1. The normalized spacial score (nSPS) is 10.1. The molecule has 2 N–H and O–H groups in total. The third-order valence-electron chi connectivity index (χ3n) is 2.80. The summed E-state index contributed by atoms with van der Waals surface area (Å²) >= 11 is 0. The van der Waals surface area contributed by atoms with Crippen LogP contribution in [0.2, 0.25) is 0 Å². The van der Waals surface area contributed by atoms with E-state index in [1.807, 2.05) is 43.3 Å². The lowest BCUT2D eigenvalue weighted by molar-refractivity contribution is -0.115. The largest absolute Gasteiger partial charge is 0.492 e. The molecule has 21 heavy (non-hydrogen) atoms. The number of nitrogens with zero attached hydrogens (tertiary/aromatic N) is 1. The summed E-state index contributed by atoms with van der Waals surface area (Å²) in [5.41, 5.74) is 1.73. The van der Waals surface area contributed by atoms with Crippen LogP contribution in [0.5, 0.6) is 5.75 Å². The number of para-hydroxylation sites is 2. The van der Waals surface area contributed by atoms with Crippen LogP contribution in [0.15, 0.2) is 48.8 Å².